The molecule has 0 aliphatic carbocycles. The topological polar surface area (TPSA) is 39.7 Å². The first-order chi connectivity index (χ1) is 8.74. The number of fused-ring (bicyclic) bond motifs is 1. The number of ether oxygens (including phenoxy) is 3. The Kier molecular flexibility index (Phi) is 3.33. The van der Waals surface area contributed by atoms with Gasteiger partial charge in [-0.3, -0.25) is 0 Å². The van der Waals surface area contributed by atoms with E-state index in [2.05, 4.69) is 12.2 Å². The molecule has 98 valence electrons. The molecule has 5 heteroatoms. The highest BCUT2D eigenvalue weighted by Crippen LogP contribution is 2.39. The van der Waals surface area contributed by atoms with Gasteiger partial charge in [-0.2, -0.15) is 0 Å². The van der Waals surface area contributed by atoms with Gasteiger partial charge in [-0.05, 0) is 31.0 Å². The largest absolute Gasteiger partial charge is 0.454 e. The van der Waals surface area contributed by atoms with Gasteiger partial charge in [0.15, 0.2) is 11.5 Å². The molecule has 0 unspecified atom stereocenters. The van der Waals surface area contributed by atoms with E-state index in [1.54, 1.807) is 0 Å². The van der Waals surface area contributed by atoms with E-state index in [-0.39, 0.29) is 12.9 Å². The van der Waals surface area contributed by atoms with E-state index >= 15 is 0 Å². The van der Waals surface area contributed by atoms with Crippen LogP contribution in [0.15, 0.2) is 12.1 Å². The molecule has 3 rings (SSSR count). The normalized spacial score (nSPS) is 25.7. The van der Waals surface area contributed by atoms with Crippen molar-refractivity contribution in [3.63, 3.8) is 0 Å². The average Bonchev–Trinajstić information content (AvgIpc) is 2.95. The standard InChI is InChI=1S/C13H16ClNO3/c1-8-11(2-3-16-8)15-6-9-4-10(14)13-12(5-9)17-7-18-13/h4-5,8,11,15H,2-3,6-7H2,1H3/t8-,11-/m1/s1. The summed E-state index contributed by atoms with van der Waals surface area (Å²) >= 11 is 6.14. The Morgan fingerprint density at radius 2 is 2.28 bits per heavy atom. The molecule has 2 aliphatic rings. The molecule has 1 aromatic carbocycles. The van der Waals surface area contributed by atoms with Gasteiger partial charge in [0.1, 0.15) is 0 Å². The van der Waals surface area contributed by atoms with E-state index < -0.39 is 0 Å². The minimum atomic E-state index is 0.249. The van der Waals surface area contributed by atoms with Crippen LogP contribution in [-0.4, -0.2) is 25.5 Å². The molecule has 1 aromatic rings. The molecule has 1 fully saturated rings. The van der Waals surface area contributed by atoms with Gasteiger partial charge in [0, 0.05) is 19.2 Å². The van der Waals surface area contributed by atoms with Crippen LogP contribution >= 0.6 is 11.6 Å². The van der Waals surface area contributed by atoms with E-state index in [1.807, 2.05) is 12.1 Å². The molecule has 0 radical (unpaired) electrons. The van der Waals surface area contributed by atoms with Crippen molar-refractivity contribution in [3.05, 3.63) is 22.7 Å². The Bertz CT molecular complexity index is 452. The van der Waals surface area contributed by atoms with Crippen molar-refractivity contribution in [1.82, 2.24) is 5.32 Å². The zero-order chi connectivity index (χ0) is 12.5. The number of rotatable bonds is 3. The third kappa shape index (κ3) is 2.28. The van der Waals surface area contributed by atoms with E-state index in [0.717, 1.165) is 30.9 Å². The van der Waals surface area contributed by atoms with E-state index in [9.17, 15) is 0 Å². The molecular formula is C13H16ClNO3. The fraction of sp³-hybridized carbons (Fsp3) is 0.538. The van der Waals surface area contributed by atoms with Gasteiger partial charge in [-0.1, -0.05) is 11.6 Å². The highest BCUT2D eigenvalue weighted by molar-refractivity contribution is 6.32. The SMILES string of the molecule is C[C@H]1OCC[C@H]1NCc1cc(Cl)c2c(c1)OCO2. The van der Waals surface area contributed by atoms with Crippen molar-refractivity contribution in [3.8, 4) is 11.5 Å². The van der Waals surface area contributed by atoms with Crippen molar-refractivity contribution in [1.29, 1.82) is 0 Å². The van der Waals surface area contributed by atoms with Crippen molar-refractivity contribution >= 4 is 11.6 Å². The zero-order valence-corrected chi connectivity index (χ0v) is 11.0. The Morgan fingerprint density at radius 3 is 3.06 bits per heavy atom. The smallest absolute Gasteiger partial charge is 0.231 e. The highest BCUT2D eigenvalue weighted by atomic mass is 35.5. The van der Waals surface area contributed by atoms with Crippen LogP contribution in [0.1, 0.15) is 18.9 Å². The quantitative estimate of drug-likeness (QED) is 0.914. The van der Waals surface area contributed by atoms with Gasteiger partial charge in [0.05, 0.1) is 11.1 Å². The second-order valence-corrected chi connectivity index (χ2v) is 5.07. The first-order valence-corrected chi connectivity index (χ1v) is 6.55. The highest BCUT2D eigenvalue weighted by Gasteiger charge is 2.24. The summed E-state index contributed by atoms with van der Waals surface area (Å²) in [6, 6.07) is 4.30. The van der Waals surface area contributed by atoms with E-state index in [4.69, 9.17) is 25.8 Å². The molecule has 0 spiro atoms. The number of benzene rings is 1. The van der Waals surface area contributed by atoms with Crippen LogP contribution in [0.2, 0.25) is 5.02 Å². The van der Waals surface area contributed by atoms with Gasteiger partial charge in [0.2, 0.25) is 6.79 Å². The summed E-state index contributed by atoms with van der Waals surface area (Å²) in [6.45, 7) is 3.94. The number of halogens is 1. The predicted octanol–water partition coefficient (Wildman–Crippen LogP) is 2.34. The first kappa shape index (κ1) is 12.1. The van der Waals surface area contributed by atoms with Gasteiger partial charge in [0.25, 0.3) is 0 Å². The summed E-state index contributed by atoms with van der Waals surface area (Å²) in [5.74, 6) is 1.38. The Balaban J connectivity index is 1.68. The number of nitrogens with one attached hydrogen (secondary N) is 1. The zero-order valence-electron chi connectivity index (χ0n) is 10.2. The molecule has 0 aromatic heterocycles. The molecule has 2 heterocycles. The Hall–Kier alpha value is -0.970. The maximum Gasteiger partial charge on any atom is 0.231 e. The lowest BCUT2D eigenvalue weighted by Crippen LogP contribution is -2.34. The predicted molar refractivity (Wildman–Crippen MR) is 68.2 cm³/mol. The fourth-order valence-electron chi connectivity index (χ4n) is 2.37. The van der Waals surface area contributed by atoms with Crippen LogP contribution in [0.3, 0.4) is 0 Å². The molecule has 0 saturated carbocycles. The first-order valence-electron chi connectivity index (χ1n) is 6.17. The minimum Gasteiger partial charge on any atom is -0.454 e. The molecule has 0 amide bonds. The summed E-state index contributed by atoms with van der Waals surface area (Å²) < 4.78 is 16.2. The molecular weight excluding hydrogens is 254 g/mol. The van der Waals surface area contributed by atoms with Gasteiger partial charge in [-0.25, -0.2) is 0 Å². The van der Waals surface area contributed by atoms with Crippen LogP contribution in [0.25, 0.3) is 0 Å². The molecule has 2 atom stereocenters. The van der Waals surface area contributed by atoms with Crippen LogP contribution in [0.5, 0.6) is 11.5 Å². The number of hydrogen-bond donors (Lipinski definition) is 1. The van der Waals surface area contributed by atoms with E-state index in [1.165, 1.54) is 0 Å². The van der Waals surface area contributed by atoms with Gasteiger partial charge in [-0.15, -0.1) is 0 Å². The third-order valence-corrected chi connectivity index (χ3v) is 3.71. The molecule has 1 N–H and O–H groups in total. The Morgan fingerprint density at radius 1 is 1.39 bits per heavy atom. The second kappa shape index (κ2) is 4.96. The summed E-state index contributed by atoms with van der Waals surface area (Å²) in [6.07, 6.45) is 1.33. The maximum absolute atomic E-state index is 6.14. The van der Waals surface area contributed by atoms with Gasteiger partial charge >= 0.3 is 0 Å². The van der Waals surface area contributed by atoms with Crippen molar-refractivity contribution < 1.29 is 14.2 Å². The molecule has 0 bridgehead atoms. The summed E-state index contributed by atoms with van der Waals surface area (Å²) in [5, 5.41) is 4.09. The van der Waals surface area contributed by atoms with Crippen LogP contribution < -0.4 is 14.8 Å². The molecule has 1 saturated heterocycles. The fourth-order valence-corrected chi connectivity index (χ4v) is 2.66. The van der Waals surface area contributed by atoms with Crippen molar-refractivity contribution in [2.45, 2.75) is 32.0 Å². The second-order valence-electron chi connectivity index (χ2n) is 4.66. The summed E-state index contributed by atoms with van der Waals surface area (Å²) in [7, 11) is 0. The summed E-state index contributed by atoms with van der Waals surface area (Å²) in [5.41, 5.74) is 1.10. The van der Waals surface area contributed by atoms with Crippen molar-refractivity contribution in [2.24, 2.45) is 0 Å². The summed E-state index contributed by atoms with van der Waals surface area (Å²) in [4.78, 5) is 0. The lowest BCUT2D eigenvalue weighted by Gasteiger charge is -2.16. The van der Waals surface area contributed by atoms with Gasteiger partial charge < -0.3 is 19.5 Å². The molecule has 2 aliphatic heterocycles. The lowest BCUT2D eigenvalue weighted by molar-refractivity contribution is 0.113. The van der Waals surface area contributed by atoms with Crippen LogP contribution in [0, 0.1) is 0 Å². The number of hydrogen-bond acceptors (Lipinski definition) is 4. The van der Waals surface area contributed by atoms with Crippen LogP contribution in [-0.2, 0) is 11.3 Å². The Labute approximate surface area is 111 Å². The van der Waals surface area contributed by atoms with Crippen LogP contribution in [0.4, 0.5) is 0 Å². The molecule has 4 nitrogen and oxygen atoms in total. The average molecular weight is 270 g/mol. The third-order valence-electron chi connectivity index (χ3n) is 3.43. The monoisotopic (exact) mass is 269 g/mol. The minimum absolute atomic E-state index is 0.249. The maximum atomic E-state index is 6.14. The van der Waals surface area contributed by atoms with Crippen molar-refractivity contribution in [2.75, 3.05) is 13.4 Å². The lowest BCUT2D eigenvalue weighted by atomic mass is 10.1. The van der Waals surface area contributed by atoms with E-state index in [0.29, 0.717) is 16.8 Å². The molecule has 18 heavy (non-hydrogen) atoms.